The van der Waals surface area contributed by atoms with E-state index in [2.05, 4.69) is 5.32 Å². The van der Waals surface area contributed by atoms with Crippen LogP contribution in [0.3, 0.4) is 0 Å². The largest absolute Gasteiger partial charge is 0.409 e. The molecule has 4 rings (SSSR count). The number of carbonyl (C=O) groups excluding carboxylic acids is 2. The molecule has 0 spiro atoms. The van der Waals surface area contributed by atoms with Crippen molar-refractivity contribution in [1.29, 1.82) is 0 Å². The van der Waals surface area contributed by atoms with E-state index in [0.717, 1.165) is 29.0 Å². The molecule has 1 atom stereocenters. The Bertz CT molecular complexity index is 1020. The van der Waals surface area contributed by atoms with Gasteiger partial charge in [-0.25, -0.2) is 0 Å². The summed E-state index contributed by atoms with van der Waals surface area (Å²) in [6, 6.07) is 12.0. The number of benzene rings is 2. The highest BCUT2D eigenvalue weighted by Crippen LogP contribution is 2.38. The number of para-hydroxylation sites is 2. The Hall–Kier alpha value is -3.07. The van der Waals surface area contributed by atoms with Gasteiger partial charge in [-0.1, -0.05) is 24.3 Å². The van der Waals surface area contributed by atoms with Crippen LogP contribution in [0.25, 0.3) is 0 Å². The van der Waals surface area contributed by atoms with E-state index in [1.165, 1.54) is 12.1 Å². The van der Waals surface area contributed by atoms with E-state index >= 15 is 0 Å². The topological polar surface area (TPSA) is 55.9 Å². The number of alkyl halides is 3. The summed E-state index contributed by atoms with van der Waals surface area (Å²) in [5, 5.41) is 2.50. The molecule has 0 saturated heterocycles. The van der Waals surface area contributed by atoms with E-state index in [-0.39, 0.29) is 24.0 Å². The Morgan fingerprint density at radius 2 is 1.76 bits per heavy atom. The predicted octanol–water partition coefficient (Wildman–Crippen LogP) is 4.02. The third-order valence-corrected chi connectivity index (χ3v) is 6.01. The van der Waals surface area contributed by atoms with Crippen molar-refractivity contribution in [3.8, 4) is 0 Å². The molecule has 1 N–H and O–H groups in total. The number of hydrogen-bond acceptors (Lipinski definition) is 4. The zero-order valence-corrected chi connectivity index (χ0v) is 18.6. The molecule has 2 aliphatic rings. The lowest BCUT2D eigenvalue weighted by molar-refractivity contribution is -0.158. The molecule has 1 heterocycles. The number of rotatable bonds is 6. The Kier molecular flexibility index (Phi) is 6.34. The second-order valence-corrected chi connectivity index (χ2v) is 8.79. The van der Waals surface area contributed by atoms with Gasteiger partial charge in [0.05, 0.1) is 24.3 Å². The average molecular weight is 461 g/mol. The molecule has 0 radical (unpaired) electrons. The lowest BCUT2D eigenvalue weighted by Crippen LogP contribution is -2.52. The fourth-order valence-corrected chi connectivity index (χ4v) is 4.13. The van der Waals surface area contributed by atoms with Crippen molar-refractivity contribution in [3.05, 3.63) is 54.1 Å². The molecule has 9 heteroatoms. The Morgan fingerprint density at radius 3 is 2.36 bits per heavy atom. The summed E-state index contributed by atoms with van der Waals surface area (Å²) < 4.78 is 41.9. The van der Waals surface area contributed by atoms with Gasteiger partial charge < -0.3 is 10.2 Å². The maximum atomic E-state index is 14.0. The van der Waals surface area contributed by atoms with E-state index in [0.29, 0.717) is 6.54 Å². The van der Waals surface area contributed by atoms with Crippen molar-refractivity contribution >= 4 is 28.9 Å². The summed E-state index contributed by atoms with van der Waals surface area (Å²) in [5.74, 6) is -1.43. The van der Waals surface area contributed by atoms with E-state index in [9.17, 15) is 22.8 Å². The average Bonchev–Trinajstić information content (AvgIpc) is 3.59. The molecule has 2 aromatic rings. The number of nitrogens with zero attached hydrogens (tertiary/aromatic N) is 3. The van der Waals surface area contributed by atoms with Gasteiger partial charge in [0.2, 0.25) is 11.8 Å². The van der Waals surface area contributed by atoms with Gasteiger partial charge in [0.15, 0.2) is 0 Å². The van der Waals surface area contributed by atoms with Crippen molar-refractivity contribution in [3.63, 3.8) is 0 Å². The third kappa shape index (κ3) is 5.30. The monoisotopic (exact) mass is 460 g/mol. The van der Waals surface area contributed by atoms with E-state index in [1.807, 2.05) is 48.2 Å². The molecule has 1 fully saturated rings. The molecule has 1 aliphatic heterocycles. The van der Waals surface area contributed by atoms with E-state index in [1.54, 1.807) is 12.1 Å². The first-order valence-corrected chi connectivity index (χ1v) is 10.9. The molecule has 33 heavy (non-hydrogen) atoms. The van der Waals surface area contributed by atoms with Gasteiger partial charge in [-0.15, -0.1) is 0 Å². The zero-order valence-electron chi connectivity index (χ0n) is 18.6. The normalized spacial score (nSPS) is 18.5. The fourth-order valence-electron chi connectivity index (χ4n) is 4.13. The van der Waals surface area contributed by atoms with Crippen LogP contribution in [0.1, 0.15) is 24.8 Å². The number of hydrogen-bond donors (Lipinski definition) is 1. The number of fused-ring (bicyclic) bond motifs is 1. The number of amides is 2. The van der Waals surface area contributed by atoms with Gasteiger partial charge in [-0.2, -0.15) is 13.2 Å². The molecule has 2 amide bonds. The zero-order chi connectivity index (χ0) is 23.8. The first kappa shape index (κ1) is 23.1. The minimum absolute atomic E-state index is 0.0711. The van der Waals surface area contributed by atoms with Crippen molar-refractivity contribution in [2.75, 3.05) is 35.8 Å². The van der Waals surface area contributed by atoms with Crippen molar-refractivity contribution < 1.29 is 22.8 Å². The molecule has 2 aromatic carbocycles. The summed E-state index contributed by atoms with van der Waals surface area (Å²) in [7, 11) is 3.89. The van der Waals surface area contributed by atoms with Crippen LogP contribution in [0.5, 0.6) is 0 Å². The summed E-state index contributed by atoms with van der Waals surface area (Å²) in [5.41, 5.74) is 2.31. The van der Waals surface area contributed by atoms with Crippen LogP contribution < -0.4 is 15.1 Å². The van der Waals surface area contributed by atoms with Crippen LogP contribution in [-0.2, 0) is 16.1 Å². The summed E-state index contributed by atoms with van der Waals surface area (Å²) in [4.78, 5) is 30.2. The fraction of sp³-hybridized carbons (Fsp3) is 0.417. The third-order valence-electron chi connectivity index (χ3n) is 6.01. The van der Waals surface area contributed by atoms with Crippen LogP contribution in [0.4, 0.5) is 30.2 Å². The molecule has 0 unspecified atom stereocenters. The molecule has 6 nitrogen and oxygen atoms in total. The van der Waals surface area contributed by atoms with Gasteiger partial charge >= 0.3 is 6.18 Å². The van der Waals surface area contributed by atoms with Crippen molar-refractivity contribution in [1.82, 2.24) is 4.90 Å². The number of carbonyl (C=O) groups is 2. The van der Waals surface area contributed by atoms with Gasteiger partial charge in [0.1, 0.15) is 6.04 Å². The van der Waals surface area contributed by atoms with Gasteiger partial charge in [0, 0.05) is 32.4 Å². The Morgan fingerprint density at radius 1 is 1.09 bits per heavy atom. The lowest BCUT2D eigenvalue weighted by atomic mass is 10.1. The van der Waals surface area contributed by atoms with Crippen LogP contribution in [0, 0.1) is 0 Å². The SMILES string of the molecule is CN(C)c1ccc(CN(CC(=O)N2c3ccccc3NC(=O)C[C@@H]2C(F)(F)F)C2CC2)cc1. The summed E-state index contributed by atoms with van der Waals surface area (Å²) in [6.07, 6.45) is -3.76. The van der Waals surface area contributed by atoms with Gasteiger partial charge in [-0.05, 0) is 42.7 Å². The molecular weight excluding hydrogens is 433 g/mol. The second-order valence-electron chi connectivity index (χ2n) is 8.79. The quantitative estimate of drug-likeness (QED) is 0.708. The van der Waals surface area contributed by atoms with E-state index < -0.39 is 30.5 Å². The maximum Gasteiger partial charge on any atom is 0.409 e. The smallest absolute Gasteiger partial charge is 0.378 e. The number of halogens is 3. The minimum Gasteiger partial charge on any atom is -0.378 e. The van der Waals surface area contributed by atoms with Crippen molar-refractivity contribution in [2.24, 2.45) is 0 Å². The molecule has 0 aromatic heterocycles. The van der Waals surface area contributed by atoms with Crippen LogP contribution in [0.2, 0.25) is 0 Å². The molecule has 1 aliphatic carbocycles. The van der Waals surface area contributed by atoms with Crippen LogP contribution in [0.15, 0.2) is 48.5 Å². The van der Waals surface area contributed by atoms with E-state index in [4.69, 9.17) is 0 Å². The van der Waals surface area contributed by atoms with Gasteiger partial charge in [-0.3, -0.25) is 19.4 Å². The summed E-state index contributed by atoms with van der Waals surface area (Å²) in [6.45, 7) is 0.308. The minimum atomic E-state index is -4.74. The number of anilines is 3. The number of nitrogens with one attached hydrogen (secondary N) is 1. The lowest BCUT2D eigenvalue weighted by Gasteiger charge is -2.33. The van der Waals surface area contributed by atoms with Crippen LogP contribution >= 0.6 is 0 Å². The van der Waals surface area contributed by atoms with Crippen molar-refractivity contribution in [2.45, 2.75) is 44.1 Å². The second kappa shape index (κ2) is 9.05. The Labute approximate surface area is 191 Å². The molecular formula is C24H27F3N4O2. The summed E-state index contributed by atoms with van der Waals surface area (Å²) >= 11 is 0. The van der Waals surface area contributed by atoms with Crippen LogP contribution in [-0.4, -0.2) is 55.6 Å². The maximum absolute atomic E-state index is 14.0. The highest BCUT2D eigenvalue weighted by Gasteiger charge is 2.49. The molecule has 176 valence electrons. The standard InChI is InChI=1S/C24H27F3N4O2/c1-29(2)17-9-7-16(8-10-17)14-30(18-11-12-18)15-23(33)31-20-6-4-3-5-19(20)28-22(32)13-21(31)24(25,26)27/h3-10,18,21H,11-15H2,1-2H3,(H,28,32)/t21-/m1/s1. The molecule has 1 saturated carbocycles. The van der Waals surface area contributed by atoms with Gasteiger partial charge in [0.25, 0.3) is 0 Å². The Balaban J connectivity index is 1.60. The first-order chi connectivity index (χ1) is 15.6. The highest BCUT2D eigenvalue weighted by atomic mass is 19.4. The first-order valence-electron chi connectivity index (χ1n) is 10.9. The highest BCUT2D eigenvalue weighted by molar-refractivity contribution is 6.05. The molecule has 0 bridgehead atoms. The predicted molar refractivity (Wildman–Crippen MR) is 121 cm³/mol.